The van der Waals surface area contributed by atoms with Gasteiger partial charge in [0.15, 0.2) is 0 Å². The predicted molar refractivity (Wildman–Crippen MR) is 115 cm³/mol. The van der Waals surface area contributed by atoms with Crippen molar-refractivity contribution in [2.75, 3.05) is 25.9 Å². The van der Waals surface area contributed by atoms with Crippen LogP contribution in [0.2, 0.25) is 0 Å². The number of urea groups is 1. The van der Waals surface area contributed by atoms with Gasteiger partial charge in [-0.2, -0.15) is 4.31 Å². The lowest BCUT2D eigenvalue weighted by atomic mass is 9.85. The van der Waals surface area contributed by atoms with Crippen LogP contribution in [0.1, 0.15) is 32.5 Å². The van der Waals surface area contributed by atoms with Gasteiger partial charge in [-0.3, -0.25) is 0 Å². The van der Waals surface area contributed by atoms with Crippen molar-refractivity contribution in [3.05, 3.63) is 42.1 Å². The van der Waals surface area contributed by atoms with Crippen LogP contribution < -0.4 is 5.32 Å². The van der Waals surface area contributed by atoms with Crippen molar-refractivity contribution in [2.45, 2.75) is 44.8 Å². The molecular formula is C21H28FN5O3S. The molecule has 4 rings (SSSR count). The molecule has 168 valence electrons. The summed E-state index contributed by atoms with van der Waals surface area (Å²) >= 11 is 0. The molecule has 1 aromatic carbocycles. The highest BCUT2D eigenvalue weighted by Crippen LogP contribution is 2.43. The van der Waals surface area contributed by atoms with Gasteiger partial charge in [0.2, 0.25) is 10.0 Å². The quantitative estimate of drug-likeness (QED) is 0.779. The molecule has 8 nitrogen and oxygen atoms in total. The number of halogens is 1. The van der Waals surface area contributed by atoms with Crippen molar-refractivity contribution in [1.82, 2.24) is 24.1 Å². The van der Waals surface area contributed by atoms with E-state index in [1.165, 1.54) is 22.7 Å². The number of nitrogens with zero attached hydrogens (tertiary/aromatic N) is 4. The Hall–Kier alpha value is -2.46. The van der Waals surface area contributed by atoms with Crippen LogP contribution >= 0.6 is 0 Å². The Bertz CT molecular complexity index is 1090. The van der Waals surface area contributed by atoms with Crippen LogP contribution in [0.5, 0.6) is 0 Å². The summed E-state index contributed by atoms with van der Waals surface area (Å²) in [7, 11) is -3.49. The lowest BCUT2D eigenvalue weighted by Crippen LogP contribution is -2.60. The zero-order valence-electron chi connectivity index (χ0n) is 18.0. The molecular weight excluding hydrogens is 421 g/mol. The van der Waals surface area contributed by atoms with Crippen LogP contribution in [0.25, 0.3) is 11.3 Å². The summed E-state index contributed by atoms with van der Waals surface area (Å²) in [6, 6.07) is 6.20. The van der Waals surface area contributed by atoms with E-state index in [0.29, 0.717) is 50.4 Å². The molecule has 0 bridgehead atoms. The summed E-state index contributed by atoms with van der Waals surface area (Å²) in [5.41, 5.74) is 0.643. The van der Waals surface area contributed by atoms with Gasteiger partial charge in [0.05, 0.1) is 23.7 Å². The smallest absolute Gasteiger partial charge is 0.317 e. The van der Waals surface area contributed by atoms with Crippen molar-refractivity contribution in [3.63, 3.8) is 0 Å². The number of amides is 2. The fourth-order valence-corrected chi connectivity index (χ4v) is 6.05. The minimum Gasteiger partial charge on any atom is -0.336 e. The first kappa shape index (κ1) is 21.8. The average Bonchev–Trinajstić information content (AvgIpc) is 3.12. The number of hydrogen-bond acceptors (Lipinski definition) is 4. The van der Waals surface area contributed by atoms with Gasteiger partial charge in [-0.05, 0) is 38.8 Å². The Morgan fingerprint density at radius 3 is 2.52 bits per heavy atom. The third-order valence-electron chi connectivity index (χ3n) is 6.09. The van der Waals surface area contributed by atoms with Gasteiger partial charge >= 0.3 is 6.03 Å². The largest absolute Gasteiger partial charge is 0.336 e. The second-order valence-corrected chi connectivity index (χ2v) is 10.5. The highest BCUT2D eigenvalue weighted by atomic mass is 32.2. The molecule has 0 aliphatic carbocycles. The van der Waals surface area contributed by atoms with Gasteiger partial charge in [0.1, 0.15) is 11.6 Å². The van der Waals surface area contributed by atoms with Crippen molar-refractivity contribution in [3.8, 4) is 11.3 Å². The van der Waals surface area contributed by atoms with E-state index in [9.17, 15) is 17.6 Å². The zero-order valence-corrected chi connectivity index (χ0v) is 18.8. The molecule has 1 aromatic heterocycles. The zero-order chi connectivity index (χ0) is 22.4. The number of fused-ring (bicyclic) bond motifs is 2. The Morgan fingerprint density at radius 1 is 1.19 bits per heavy atom. The monoisotopic (exact) mass is 449 g/mol. The van der Waals surface area contributed by atoms with Gasteiger partial charge < -0.3 is 14.8 Å². The number of benzene rings is 1. The third-order valence-corrected chi connectivity index (χ3v) is 7.42. The van der Waals surface area contributed by atoms with E-state index in [1.807, 2.05) is 24.5 Å². The first-order valence-corrected chi connectivity index (χ1v) is 12.3. The van der Waals surface area contributed by atoms with Gasteiger partial charge in [0, 0.05) is 37.8 Å². The molecule has 3 heterocycles. The Balaban J connectivity index is 1.72. The number of piperidine rings is 1. The molecule has 1 saturated heterocycles. The van der Waals surface area contributed by atoms with Crippen LogP contribution in [-0.4, -0.2) is 65.1 Å². The summed E-state index contributed by atoms with van der Waals surface area (Å²) < 4.78 is 42.7. The first-order valence-electron chi connectivity index (χ1n) is 10.5. The summed E-state index contributed by atoms with van der Waals surface area (Å²) in [4.78, 5) is 18.8. The van der Waals surface area contributed by atoms with E-state index in [1.54, 1.807) is 17.2 Å². The number of sulfonamides is 1. The highest BCUT2D eigenvalue weighted by Gasteiger charge is 2.51. The predicted octanol–water partition coefficient (Wildman–Crippen LogP) is 2.37. The standard InChI is InChI=1S/C21H28FN5O3S/c1-15(2)24-20(28)25-9-7-21(8-10-25)19-23-14-18(16-5-4-6-17(22)13-16)26(19)11-12-27(21)31(3,29)30/h4-6,13-15H,7-12H2,1-3H3,(H,24,28). The van der Waals surface area contributed by atoms with E-state index in [0.717, 1.165) is 5.69 Å². The van der Waals surface area contributed by atoms with Gasteiger partial charge in [-0.25, -0.2) is 22.6 Å². The van der Waals surface area contributed by atoms with Crippen LogP contribution in [0, 0.1) is 5.82 Å². The van der Waals surface area contributed by atoms with Gasteiger partial charge in [0.25, 0.3) is 0 Å². The number of imidazole rings is 1. The van der Waals surface area contributed by atoms with Gasteiger partial charge in [-0.1, -0.05) is 12.1 Å². The number of rotatable bonds is 3. The van der Waals surface area contributed by atoms with Crippen molar-refractivity contribution < 1.29 is 17.6 Å². The molecule has 0 atom stereocenters. The minimum atomic E-state index is -3.49. The normalized spacial score (nSPS) is 18.9. The van der Waals surface area contributed by atoms with E-state index in [2.05, 4.69) is 10.3 Å². The van der Waals surface area contributed by atoms with Crippen molar-refractivity contribution in [1.29, 1.82) is 0 Å². The fraction of sp³-hybridized carbons (Fsp3) is 0.524. The van der Waals surface area contributed by atoms with E-state index in [-0.39, 0.29) is 17.9 Å². The lowest BCUT2D eigenvalue weighted by molar-refractivity contribution is 0.0598. The lowest BCUT2D eigenvalue weighted by Gasteiger charge is -2.49. The SMILES string of the molecule is CC(C)NC(=O)N1CCC2(CC1)c1ncc(-c3cccc(F)c3)n1CCN2S(C)(=O)=O. The van der Waals surface area contributed by atoms with E-state index in [4.69, 9.17) is 0 Å². The number of nitrogens with one attached hydrogen (secondary N) is 1. The molecule has 0 radical (unpaired) electrons. The molecule has 2 aliphatic rings. The van der Waals surface area contributed by atoms with Crippen LogP contribution in [-0.2, 0) is 22.1 Å². The maximum absolute atomic E-state index is 13.8. The molecule has 2 amide bonds. The molecule has 1 fully saturated rings. The summed E-state index contributed by atoms with van der Waals surface area (Å²) in [5.74, 6) is 0.327. The molecule has 1 spiro atoms. The molecule has 0 unspecified atom stereocenters. The summed E-state index contributed by atoms with van der Waals surface area (Å²) in [6.07, 6.45) is 3.81. The van der Waals surface area contributed by atoms with Crippen molar-refractivity contribution >= 4 is 16.1 Å². The number of carbonyl (C=O) groups excluding carboxylic acids is 1. The Morgan fingerprint density at radius 2 is 1.90 bits per heavy atom. The van der Waals surface area contributed by atoms with Crippen LogP contribution in [0.15, 0.2) is 30.5 Å². The maximum Gasteiger partial charge on any atom is 0.317 e. The Kier molecular flexibility index (Phi) is 5.55. The Labute approximate surface area is 182 Å². The minimum absolute atomic E-state index is 0.0262. The number of likely N-dealkylation sites (tertiary alicyclic amines) is 1. The summed E-state index contributed by atoms with van der Waals surface area (Å²) in [6.45, 7) is 5.40. The van der Waals surface area contributed by atoms with E-state index < -0.39 is 15.6 Å². The second-order valence-electron chi connectivity index (χ2n) is 8.59. The maximum atomic E-state index is 13.8. The van der Waals surface area contributed by atoms with E-state index >= 15 is 0 Å². The number of aromatic nitrogens is 2. The molecule has 0 saturated carbocycles. The van der Waals surface area contributed by atoms with Gasteiger partial charge in [-0.15, -0.1) is 0 Å². The van der Waals surface area contributed by atoms with Crippen LogP contribution in [0.4, 0.5) is 9.18 Å². The number of hydrogen-bond donors (Lipinski definition) is 1. The topological polar surface area (TPSA) is 87.5 Å². The molecule has 2 aliphatic heterocycles. The molecule has 31 heavy (non-hydrogen) atoms. The average molecular weight is 450 g/mol. The fourth-order valence-electron chi connectivity index (χ4n) is 4.74. The highest BCUT2D eigenvalue weighted by molar-refractivity contribution is 7.88. The second kappa shape index (κ2) is 7.90. The molecule has 10 heteroatoms. The molecule has 2 aromatic rings. The number of carbonyl (C=O) groups is 1. The third kappa shape index (κ3) is 3.94. The van der Waals surface area contributed by atoms with Crippen LogP contribution in [0.3, 0.4) is 0 Å². The summed E-state index contributed by atoms with van der Waals surface area (Å²) in [5, 5.41) is 2.89. The molecule has 1 N–H and O–H groups in total. The van der Waals surface area contributed by atoms with Crippen molar-refractivity contribution in [2.24, 2.45) is 0 Å². The first-order chi connectivity index (χ1) is 14.6.